The fourth-order valence-corrected chi connectivity index (χ4v) is 2.28. The van der Waals surface area contributed by atoms with Crippen LogP contribution in [0.15, 0.2) is 35.5 Å². The average molecular weight is 218 g/mol. The molecule has 88 valence electrons. The molecule has 0 saturated heterocycles. The Morgan fingerprint density at radius 1 is 1.50 bits per heavy atom. The summed E-state index contributed by atoms with van der Waals surface area (Å²) in [5.74, 6) is 0.188. The van der Waals surface area contributed by atoms with Crippen LogP contribution in [-0.2, 0) is 4.79 Å². The minimum Gasteiger partial charge on any atom is -0.290 e. The minimum atomic E-state index is 0.0218. The number of carbonyl (C=O) groups is 1. The number of hydrogen-bond donors (Lipinski definition) is 0. The van der Waals surface area contributed by atoms with Gasteiger partial charge < -0.3 is 0 Å². The van der Waals surface area contributed by atoms with Gasteiger partial charge in [-0.15, -0.1) is 0 Å². The van der Waals surface area contributed by atoms with E-state index in [0.717, 1.165) is 30.4 Å². The van der Waals surface area contributed by atoms with Crippen LogP contribution in [-0.4, -0.2) is 5.78 Å². The molecule has 0 radical (unpaired) electrons. The SMILES string of the molecule is CCC=CC(=O)C1=C(C)C=CCC1(C)CC. The van der Waals surface area contributed by atoms with E-state index in [1.165, 1.54) is 0 Å². The zero-order valence-corrected chi connectivity index (χ0v) is 10.8. The van der Waals surface area contributed by atoms with E-state index in [1.807, 2.05) is 19.9 Å². The largest absolute Gasteiger partial charge is 0.290 e. The van der Waals surface area contributed by atoms with Gasteiger partial charge >= 0.3 is 0 Å². The van der Waals surface area contributed by atoms with Crippen LogP contribution >= 0.6 is 0 Å². The van der Waals surface area contributed by atoms with Crippen LogP contribution in [0.4, 0.5) is 0 Å². The molecule has 0 N–H and O–H groups in total. The Bertz CT molecular complexity index is 358. The number of allylic oxidation sites excluding steroid dienone is 6. The highest BCUT2D eigenvalue weighted by Crippen LogP contribution is 2.40. The zero-order valence-electron chi connectivity index (χ0n) is 10.8. The van der Waals surface area contributed by atoms with Crippen molar-refractivity contribution in [3.05, 3.63) is 35.5 Å². The number of ketones is 1. The molecule has 1 rings (SSSR count). The molecule has 0 saturated carbocycles. The van der Waals surface area contributed by atoms with Crippen molar-refractivity contribution in [1.82, 2.24) is 0 Å². The monoisotopic (exact) mass is 218 g/mol. The van der Waals surface area contributed by atoms with Crippen LogP contribution in [0, 0.1) is 5.41 Å². The predicted molar refractivity (Wildman–Crippen MR) is 69.3 cm³/mol. The minimum absolute atomic E-state index is 0.0218. The molecule has 1 aliphatic carbocycles. The second-order valence-corrected chi connectivity index (χ2v) is 4.75. The lowest BCUT2D eigenvalue weighted by Crippen LogP contribution is -2.25. The Morgan fingerprint density at radius 2 is 2.19 bits per heavy atom. The van der Waals surface area contributed by atoms with Gasteiger partial charge in [0.15, 0.2) is 5.78 Å². The van der Waals surface area contributed by atoms with Crippen molar-refractivity contribution in [2.24, 2.45) is 5.41 Å². The van der Waals surface area contributed by atoms with Gasteiger partial charge in [0.05, 0.1) is 0 Å². The molecule has 1 heteroatoms. The summed E-state index contributed by atoms with van der Waals surface area (Å²) in [5.41, 5.74) is 2.15. The van der Waals surface area contributed by atoms with E-state index >= 15 is 0 Å². The summed E-state index contributed by atoms with van der Waals surface area (Å²) in [5, 5.41) is 0. The van der Waals surface area contributed by atoms with Crippen LogP contribution in [0.2, 0.25) is 0 Å². The molecule has 0 aromatic rings. The summed E-state index contributed by atoms with van der Waals surface area (Å²) in [7, 11) is 0. The Hall–Kier alpha value is -1.11. The lowest BCUT2D eigenvalue weighted by Gasteiger charge is -2.32. The van der Waals surface area contributed by atoms with Crippen molar-refractivity contribution in [2.45, 2.75) is 47.0 Å². The number of carbonyl (C=O) groups excluding carboxylic acids is 1. The van der Waals surface area contributed by atoms with Crippen LogP contribution in [0.25, 0.3) is 0 Å². The summed E-state index contributed by atoms with van der Waals surface area (Å²) in [6.45, 7) is 8.43. The van der Waals surface area contributed by atoms with Crippen molar-refractivity contribution in [2.75, 3.05) is 0 Å². The molecule has 1 unspecified atom stereocenters. The van der Waals surface area contributed by atoms with E-state index in [4.69, 9.17) is 0 Å². The quantitative estimate of drug-likeness (QED) is 0.646. The van der Waals surface area contributed by atoms with E-state index in [-0.39, 0.29) is 11.2 Å². The third kappa shape index (κ3) is 2.52. The second-order valence-electron chi connectivity index (χ2n) is 4.75. The maximum absolute atomic E-state index is 12.2. The summed E-state index contributed by atoms with van der Waals surface area (Å²) in [4.78, 5) is 12.2. The molecule has 1 aliphatic rings. The third-order valence-corrected chi connectivity index (χ3v) is 3.47. The fraction of sp³-hybridized carbons (Fsp3) is 0.533. The van der Waals surface area contributed by atoms with Crippen molar-refractivity contribution in [1.29, 1.82) is 0 Å². The first-order valence-corrected chi connectivity index (χ1v) is 6.14. The van der Waals surface area contributed by atoms with E-state index in [1.54, 1.807) is 6.08 Å². The molecule has 0 aromatic heterocycles. The van der Waals surface area contributed by atoms with E-state index in [2.05, 4.69) is 26.0 Å². The first kappa shape index (κ1) is 13.0. The van der Waals surface area contributed by atoms with Crippen LogP contribution < -0.4 is 0 Å². The zero-order chi connectivity index (χ0) is 12.2. The Balaban J connectivity index is 3.09. The van der Waals surface area contributed by atoms with Crippen LogP contribution in [0.1, 0.15) is 47.0 Å². The molecular weight excluding hydrogens is 196 g/mol. The van der Waals surface area contributed by atoms with E-state index in [9.17, 15) is 4.79 Å². The number of rotatable bonds is 4. The van der Waals surface area contributed by atoms with Crippen LogP contribution in [0.3, 0.4) is 0 Å². The third-order valence-electron chi connectivity index (χ3n) is 3.47. The standard InChI is InChI=1S/C15H22O/c1-5-7-10-13(16)14-12(3)9-8-11-15(14,4)6-2/h7-10H,5-6,11H2,1-4H3. The Morgan fingerprint density at radius 3 is 2.75 bits per heavy atom. The lowest BCUT2D eigenvalue weighted by molar-refractivity contribution is -0.112. The molecule has 0 amide bonds. The molecule has 16 heavy (non-hydrogen) atoms. The Labute approximate surface area is 98.9 Å². The first-order valence-electron chi connectivity index (χ1n) is 6.14. The first-order chi connectivity index (χ1) is 7.55. The van der Waals surface area contributed by atoms with E-state index < -0.39 is 0 Å². The molecule has 0 aliphatic heterocycles. The van der Waals surface area contributed by atoms with Gasteiger partial charge in [-0.05, 0) is 43.3 Å². The summed E-state index contributed by atoms with van der Waals surface area (Å²) in [6.07, 6.45) is 10.8. The summed E-state index contributed by atoms with van der Waals surface area (Å²) in [6, 6.07) is 0. The fourth-order valence-electron chi connectivity index (χ4n) is 2.28. The van der Waals surface area contributed by atoms with Crippen molar-refractivity contribution < 1.29 is 4.79 Å². The topological polar surface area (TPSA) is 17.1 Å². The van der Waals surface area contributed by atoms with Crippen LogP contribution in [0.5, 0.6) is 0 Å². The van der Waals surface area contributed by atoms with Crippen molar-refractivity contribution in [3.63, 3.8) is 0 Å². The Kier molecular flexibility index (Phi) is 4.28. The van der Waals surface area contributed by atoms with Gasteiger partial charge in [0.1, 0.15) is 0 Å². The number of hydrogen-bond acceptors (Lipinski definition) is 1. The second kappa shape index (κ2) is 5.29. The molecule has 0 spiro atoms. The predicted octanol–water partition coefficient (Wildman–Crippen LogP) is 4.21. The maximum Gasteiger partial charge on any atom is 0.182 e. The highest BCUT2D eigenvalue weighted by molar-refractivity contribution is 6.06. The molecule has 0 aromatic carbocycles. The summed E-state index contributed by atoms with van der Waals surface area (Å²) < 4.78 is 0. The van der Waals surface area contributed by atoms with Gasteiger partial charge in [-0.2, -0.15) is 0 Å². The molecule has 0 heterocycles. The maximum atomic E-state index is 12.2. The molecule has 1 atom stereocenters. The molecular formula is C15H22O. The van der Waals surface area contributed by atoms with Crippen molar-refractivity contribution in [3.8, 4) is 0 Å². The summed E-state index contributed by atoms with van der Waals surface area (Å²) >= 11 is 0. The molecule has 0 bridgehead atoms. The molecule has 0 fully saturated rings. The highest BCUT2D eigenvalue weighted by Gasteiger charge is 2.32. The van der Waals surface area contributed by atoms with Gasteiger partial charge in [-0.25, -0.2) is 0 Å². The van der Waals surface area contributed by atoms with Gasteiger partial charge in [0.2, 0.25) is 0 Å². The van der Waals surface area contributed by atoms with Gasteiger partial charge in [-0.3, -0.25) is 4.79 Å². The van der Waals surface area contributed by atoms with E-state index in [0.29, 0.717) is 0 Å². The smallest absolute Gasteiger partial charge is 0.182 e. The average Bonchev–Trinajstić information content (AvgIpc) is 2.26. The normalized spacial score (nSPS) is 25.5. The highest BCUT2D eigenvalue weighted by atomic mass is 16.1. The van der Waals surface area contributed by atoms with Gasteiger partial charge in [0.25, 0.3) is 0 Å². The van der Waals surface area contributed by atoms with Crippen molar-refractivity contribution >= 4 is 5.78 Å². The lowest BCUT2D eigenvalue weighted by atomic mass is 9.70. The van der Waals surface area contributed by atoms with Gasteiger partial charge in [-0.1, -0.05) is 39.0 Å². The van der Waals surface area contributed by atoms with Gasteiger partial charge in [0, 0.05) is 5.57 Å². The molecule has 1 nitrogen and oxygen atoms in total.